The molecule has 1 aliphatic rings. The molecule has 0 saturated carbocycles. The zero-order valence-corrected chi connectivity index (χ0v) is 11.9. The van der Waals surface area contributed by atoms with Gasteiger partial charge in [-0.2, -0.15) is 0 Å². The lowest BCUT2D eigenvalue weighted by Crippen LogP contribution is -2.52. The van der Waals surface area contributed by atoms with Gasteiger partial charge < -0.3 is 5.73 Å². The molecule has 1 aliphatic heterocycles. The summed E-state index contributed by atoms with van der Waals surface area (Å²) in [4.78, 5) is 2.58. The van der Waals surface area contributed by atoms with Crippen LogP contribution >= 0.6 is 0 Å². The maximum absolute atomic E-state index is 6.08. The molecule has 0 radical (unpaired) electrons. The van der Waals surface area contributed by atoms with Crippen LogP contribution in [0.4, 0.5) is 0 Å². The first-order valence-corrected chi connectivity index (χ1v) is 6.94. The predicted octanol–water partition coefficient (Wildman–Crippen LogP) is 2.68. The van der Waals surface area contributed by atoms with E-state index in [0.717, 1.165) is 19.5 Å². The van der Waals surface area contributed by atoms with E-state index in [1.54, 1.807) is 0 Å². The Morgan fingerprint density at radius 3 is 2.44 bits per heavy atom. The quantitative estimate of drug-likeness (QED) is 0.885. The summed E-state index contributed by atoms with van der Waals surface area (Å²) < 4.78 is 0. The molecule has 0 aromatic heterocycles. The van der Waals surface area contributed by atoms with Gasteiger partial charge in [0.25, 0.3) is 0 Å². The number of hydrogen-bond acceptors (Lipinski definition) is 2. The molecule has 2 N–H and O–H groups in total. The Labute approximate surface area is 111 Å². The Hall–Kier alpha value is -0.860. The van der Waals surface area contributed by atoms with Gasteiger partial charge in [0.05, 0.1) is 0 Å². The summed E-state index contributed by atoms with van der Waals surface area (Å²) in [5, 5.41) is 0. The SMILES string of the molecule is CC1(C)CCN(C(C)(CN)Cc2ccccc2)C1. The van der Waals surface area contributed by atoms with Crippen LogP contribution < -0.4 is 5.73 Å². The van der Waals surface area contributed by atoms with Crippen LogP contribution in [0.1, 0.15) is 32.8 Å². The van der Waals surface area contributed by atoms with Gasteiger partial charge in [0.2, 0.25) is 0 Å². The zero-order valence-electron chi connectivity index (χ0n) is 11.9. The van der Waals surface area contributed by atoms with Crippen molar-refractivity contribution in [3.8, 4) is 0 Å². The number of rotatable bonds is 4. The van der Waals surface area contributed by atoms with E-state index in [1.807, 2.05) is 0 Å². The van der Waals surface area contributed by atoms with Crippen molar-refractivity contribution in [1.82, 2.24) is 4.90 Å². The number of nitrogens with zero attached hydrogens (tertiary/aromatic N) is 1. The van der Waals surface area contributed by atoms with Crippen molar-refractivity contribution in [3.05, 3.63) is 35.9 Å². The lowest BCUT2D eigenvalue weighted by Gasteiger charge is -2.39. The first kappa shape index (κ1) is 13.6. The van der Waals surface area contributed by atoms with Gasteiger partial charge in [-0.25, -0.2) is 0 Å². The lowest BCUT2D eigenvalue weighted by molar-refractivity contribution is 0.128. The van der Waals surface area contributed by atoms with Crippen LogP contribution in [0.5, 0.6) is 0 Å². The topological polar surface area (TPSA) is 29.3 Å². The van der Waals surface area contributed by atoms with E-state index < -0.39 is 0 Å². The lowest BCUT2D eigenvalue weighted by atomic mass is 9.89. The molecule has 2 rings (SSSR count). The van der Waals surface area contributed by atoms with E-state index in [0.29, 0.717) is 5.41 Å². The van der Waals surface area contributed by atoms with Gasteiger partial charge in [-0.1, -0.05) is 44.2 Å². The first-order chi connectivity index (χ1) is 8.45. The van der Waals surface area contributed by atoms with Crippen molar-refractivity contribution in [2.24, 2.45) is 11.1 Å². The average Bonchev–Trinajstić information content (AvgIpc) is 2.71. The molecule has 0 spiro atoms. The molecule has 0 bridgehead atoms. The van der Waals surface area contributed by atoms with Crippen molar-refractivity contribution in [2.75, 3.05) is 19.6 Å². The van der Waals surface area contributed by atoms with Gasteiger partial charge in [0.1, 0.15) is 0 Å². The molecule has 1 atom stereocenters. The molecule has 0 amide bonds. The maximum atomic E-state index is 6.08. The summed E-state index contributed by atoms with van der Waals surface area (Å²) in [6.07, 6.45) is 2.32. The van der Waals surface area contributed by atoms with E-state index in [9.17, 15) is 0 Å². The minimum Gasteiger partial charge on any atom is -0.329 e. The Balaban J connectivity index is 2.11. The Morgan fingerprint density at radius 1 is 1.28 bits per heavy atom. The minimum absolute atomic E-state index is 0.0924. The van der Waals surface area contributed by atoms with Gasteiger partial charge in [0, 0.05) is 18.6 Å². The van der Waals surface area contributed by atoms with Gasteiger partial charge in [0.15, 0.2) is 0 Å². The molecule has 1 fully saturated rings. The summed E-state index contributed by atoms with van der Waals surface area (Å²) in [6.45, 7) is 10.1. The third kappa shape index (κ3) is 2.93. The molecule has 1 aromatic carbocycles. The molecule has 2 heteroatoms. The fourth-order valence-electron chi connectivity index (χ4n) is 2.92. The number of nitrogens with two attached hydrogens (primary N) is 1. The fraction of sp³-hybridized carbons (Fsp3) is 0.625. The van der Waals surface area contributed by atoms with Crippen LogP contribution in [0.3, 0.4) is 0 Å². The molecular formula is C16H26N2. The van der Waals surface area contributed by atoms with Crippen molar-refractivity contribution in [1.29, 1.82) is 0 Å². The molecular weight excluding hydrogens is 220 g/mol. The third-order valence-corrected chi connectivity index (χ3v) is 4.31. The molecule has 1 heterocycles. The summed E-state index contributed by atoms with van der Waals surface area (Å²) >= 11 is 0. The van der Waals surface area contributed by atoms with Crippen LogP contribution in [0.2, 0.25) is 0 Å². The second kappa shape index (κ2) is 5.02. The fourth-order valence-corrected chi connectivity index (χ4v) is 2.92. The van der Waals surface area contributed by atoms with Gasteiger partial charge in [-0.15, -0.1) is 0 Å². The van der Waals surface area contributed by atoms with Crippen LogP contribution in [0.15, 0.2) is 30.3 Å². The Morgan fingerprint density at radius 2 is 1.94 bits per heavy atom. The van der Waals surface area contributed by atoms with Crippen molar-refractivity contribution in [3.63, 3.8) is 0 Å². The molecule has 1 aromatic rings. The van der Waals surface area contributed by atoms with Crippen LogP contribution in [0.25, 0.3) is 0 Å². The Kier molecular flexibility index (Phi) is 3.79. The largest absolute Gasteiger partial charge is 0.329 e. The second-order valence-electron chi connectivity index (χ2n) is 6.70. The predicted molar refractivity (Wildman–Crippen MR) is 77.6 cm³/mol. The zero-order chi connectivity index (χ0) is 13.2. The molecule has 1 unspecified atom stereocenters. The smallest absolute Gasteiger partial charge is 0.0344 e. The van der Waals surface area contributed by atoms with E-state index in [2.05, 4.69) is 56.0 Å². The van der Waals surface area contributed by atoms with Crippen molar-refractivity contribution < 1.29 is 0 Å². The minimum atomic E-state index is 0.0924. The summed E-state index contributed by atoms with van der Waals surface area (Å²) in [7, 11) is 0. The summed E-state index contributed by atoms with van der Waals surface area (Å²) in [5.41, 5.74) is 8.00. The first-order valence-electron chi connectivity index (χ1n) is 6.94. The standard InChI is InChI=1S/C16H26N2/c1-15(2)9-10-18(13-15)16(3,12-17)11-14-7-5-4-6-8-14/h4-8H,9-13,17H2,1-3H3. The summed E-state index contributed by atoms with van der Waals surface area (Å²) in [6, 6.07) is 10.7. The van der Waals surface area contributed by atoms with E-state index in [-0.39, 0.29) is 5.54 Å². The normalized spacial score (nSPS) is 22.9. The number of benzene rings is 1. The number of hydrogen-bond donors (Lipinski definition) is 1. The highest BCUT2D eigenvalue weighted by Gasteiger charge is 2.39. The maximum Gasteiger partial charge on any atom is 0.0344 e. The second-order valence-corrected chi connectivity index (χ2v) is 6.70. The Bertz CT molecular complexity index is 385. The molecule has 18 heavy (non-hydrogen) atoms. The highest BCUT2D eigenvalue weighted by atomic mass is 15.2. The van der Waals surface area contributed by atoms with E-state index in [4.69, 9.17) is 5.73 Å². The van der Waals surface area contributed by atoms with Gasteiger partial charge >= 0.3 is 0 Å². The van der Waals surface area contributed by atoms with Crippen molar-refractivity contribution >= 4 is 0 Å². The van der Waals surface area contributed by atoms with E-state index >= 15 is 0 Å². The molecule has 1 saturated heterocycles. The van der Waals surface area contributed by atoms with Gasteiger partial charge in [-0.3, -0.25) is 4.90 Å². The third-order valence-electron chi connectivity index (χ3n) is 4.31. The molecule has 0 aliphatic carbocycles. The van der Waals surface area contributed by atoms with Crippen LogP contribution in [-0.4, -0.2) is 30.1 Å². The monoisotopic (exact) mass is 246 g/mol. The summed E-state index contributed by atoms with van der Waals surface area (Å²) in [5.74, 6) is 0. The highest BCUT2D eigenvalue weighted by molar-refractivity contribution is 5.18. The highest BCUT2D eigenvalue weighted by Crippen LogP contribution is 2.34. The molecule has 100 valence electrons. The van der Waals surface area contributed by atoms with Gasteiger partial charge in [-0.05, 0) is 37.3 Å². The van der Waals surface area contributed by atoms with Crippen LogP contribution in [0, 0.1) is 5.41 Å². The molecule has 2 nitrogen and oxygen atoms in total. The van der Waals surface area contributed by atoms with Crippen LogP contribution in [-0.2, 0) is 6.42 Å². The van der Waals surface area contributed by atoms with E-state index in [1.165, 1.54) is 18.5 Å². The average molecular weight is 246 g/mol. The number of likely N-dealkylation sites (tertiary alicyclic amines) is 1. The van der Waals surface area contributed by atoms with Crippen molar-refractivity contribution in [2.45, 2.75) is 39.2 Å².